The summed E-state index contributed by atoms with van der Waals surface area (Å²) in [6.45, 7) is 0.562. The first-order valence-corrected chi connectivity index (χ1v) is 5.64. The van der Waals surface area contributed by atoms with Crippen LogP contribution in [-0.4, -0.2) is 11.5 Å². The fraction of sp³-hybridized carbons (Fsp3) is 0.583. The van der Waals surface area contributed by atoms with E-state index in [2.05, 4.69) is 4.98 Å². The molecule has 0 saturated heterocycles. The van der Waals surface area contributed by atoms with Gasteiger partial charge in [0.15, 0.2) is 0 Å². The maximum Gasteiger partial charge on any atom is 0.280 e. The van der Waals surface area contributed by atoms with Gasteiger partial charge in [-0.2, -0.15) is 0 Å². The van der Waals surface area contributed by atoms with E-state index in [-0.39, 0.29) is 11.6 Å². The monoisotopic (exact) mass is 226 g/mol. The Morgan fingerprint density at radius 1 is 1.38 bits per heavy atom. The zero-order valence-electron chi connectivity index (χ0n) is 9.07. The van der Waals surface area contributed by atoms with Gasteiger partial charge in [-0.15, -0.1) is 0 Å². The highest BCUT2D eigenvalue weighted by molar-refractivity contribution is 5.19. The molecule has 88 valence electrons. The molecule has 0 radical (unpaired) electrons. The molecule has 2 rings (SSSR count). The molecule has 2 nitrogen and oxygen atoms in total. The predicted molar refractivity (Wildman–Crippen MR) is 58.3 cm³/mol. The second kappa shape index (κ2) is 4.87. The largest absolute Gasteiger partial charge is 0.330 e. The Balaban J connectivity index is 2.05. The highest BCUT2D eigenvalue weighted by Crippen LogP contribution is 2.38. The van der Waals surface area contributed by atoms with E-state index >= 15 is 0 Å². The first kappa shape index (κ1) is 11.5. The molecule has 4 heteroatoms. The van der Waals surface area contributed by atoms with Gasteiger partial charge in [0.25, 0.3) is 6.43 Å². The smallest absolute Gasteiger partial charge is 0.280 e. The fourth-order valence-electron chi connectivity index (χ4n) is 1.91. The van der Waals surface area contributed by atoms with Crippen molar-refractivity contribution in [3.05, 3.63) is 29.6 Å². The van der Waals surface area contributed by atoms with E-state index in [1.54, 1.807) is 12.3 Å². The lowest BCUT2D eigenvalue weighted by molar-refractivity contribution is 0.146. The van der Waals surface area contributed by atoms with Gasteiger partial charge >= 0.3 is 0 Å². The predicted octanol–water partition coefficient (Wildman–Crippen LogP) is 2.86. The van der Waals surface area contributed by atoms with Crippen LogP contribution in [0.25, 0.3) is 0 Å². The van der Waals surface area contributed by atoms with Crippen molar-refractivity contribution in [1.29, 1.82) is 0 Å². The molecule has 0 spiro atoms. The summed E-state index contributed by atoms with van der Waals surface area (Å²) in [5.41, 5.74) is 6.53. The summed E-state index contributed by atoms with van der Waals surface area (Å²) in [6, 6.07) is 3.13. The highest BCUT2D eigenvalue weighted by Gasteiger charge is 2.25. The summed E-state index contributed by atoms with van der Waals surface area (Å²) >= 11 is 0. The molecule has 2 N–H and O–H groups in total. The molecule has 0 unspecified atom stereocenters. The third-order valence-electron chi connectivity index (χ3n) is 3.10. The number of nitrogens with zero attached hydrogens (tertiary/aromatic N) is 1. The molecule has 1 fully saturated rings. The third-order valence-corrected chi connectivity index (χ3v) is 3.10. The van der Waals surface area contributed by atoms with Gasteiger partial charge in [-0.25, -0.2) is 8.78 Å². The number of nitrogens with two attached hydrogens (primary N) is 1. The normalized spacial score (nSPS) is 17.8. The lowest BCUT2D eigenvalue weighted by Crippen LogP contribution is -2.13. The standard InChI is InChI=1S/C12H16F2N2/c13-12(14)11-4-3-9(7-16-11)10(6-15)5-8-1-2-8/h3-4,7-8,10,12H,1-2,5-6,15H2/t10-/m0/s1. The van der Waals surface area contributed by atoms with Gasteiger partial charge in [0.1, 0.15) is 5.69 Å². The summed E-state index contributed by atoms with van der Waals surface area (Å²) in [6.07, 6.45) is 2.67. The number of halogens is 2. The van der Waals surface area contributed by atoms with Crippen molar-refractivity contribution in [2.45, 2.75) is 31.6 Å². The summed E-state index contributed by atoms with van der Waals surface area (Å²) in [5.74, 6) is 1.05. The average molecular weight is 226 g/mol. The summed E-state index contributed by atoms with van der Waals surface area (Å²) in [7, 11) is 0. The van der Waals surface area contributed by atoms with Crippen molar-refractivity contribution < 1.29 is 8.78 Å². The van der Waals surface area contributed by atoms with Gasteiger partial charge < -0.3 is 5.73 Å². The molecule has 1 heterocycles. The molecule has 0 aromatic carbocycles. The van der Waals surface area contributed by atoms with Crippen LogP contribution in [0.3, 0.4) is 0 Å². The molecule has 1 aromatic heterocycles. The quantitative estimate of drug-likeness (QED) is 0.838. The minimum atomic E-state index is -2.49. The average Bonchev–Trinajstić information content (AvgIpc) is 3.10. The minimum Gasteiger partial charge on any atom is -0.330 e. The highest BCUT2D eigenvalue weighted by atomic mass is 19.3. The Morgan fingerprint density at radius 2 is 2.12 bits per heavy atom. The summed E-state index contributed by atoms with van der Waals surface area (Å²) in [5, 5.41) is 0. The molecule has 1 aliphatic carbocycles. The second-order valence-corrected chi connectivity index (χ2v) is 4.43. The van der Waals surface area contributed by atoms with Gasteiger partial charge in [0, 0.05) is 6.20 Å². The molecule has 0 aliphatic heterocycles. The SMILES string of the molecule is NC[C@H](CC1CC1)c1ccc(C(F)F)nc1. The molecule has 1 aliphatic rings. The van der Waals surface area contributed by atoms with Crippen molar-refractivity contribution in [3.8, 4) is 0 Å². The molecule has 0 amide bonds. The van der Waals surface area contributed by atoms with Crippen LogP contribution in [0.5, 0.6) is 0 Å². The van der Waals surface area contributed by atoms with Crippen LogP contribution in [-0.2, 0) is 0 Å². The Bertz CT molecular complexity index is 333. The second-order valence-electron chi connectivity index (χ2n) is 4.43. The lowest BCUT2D eigenvalue weighted by atomic mass is 9.95. The van der Waals surface area contributed by atoms with Crippen LogP contribution in [0.4, 0.5) is 8.78 Å². The van der Waals surface area contributed by atoms with Crippen LogP contribution in [0.2, 0.25) is 0 Å². The maximum absolute atomic E-state index is 12.3. The van der Waals surface area contributed by atoms with Gasteiger partial charge in [0.2, 0.25) is 0 Å². The fourth-order valence-corrected chi connectivity index (χ4v) is 1.91. The van der Waals surface area contributed by atoms with Crippen molar-refractivity contribution >= 4 is 0 Å². The van der Waals surface area contributed by atoms with E-state index in [0.29, 0.717) is 6.54 Å². The number of alkyl halides is 2. The number of hydrogen-bond donors (Lipinski definition) is 1. The Labute approximate surface area is 93.9 Å². The Morgan fingerprint density at radius 3 is 2.56 bits per heavy atom. The maximum atomic E-state index is 12.3. The van der Waals surface area contributed by atoms with Crippen LogP contribution in [0.15, 0.2) is 18.3 Å². The first-order valence-electron chi connectivity index (χ1n) is 5.64. The zero-order valence-corrected chi connectivity index (χ0v) is 9.07. The van der Waals surface area contributed by atoms with E-state index in [1.165, 1.54) is 18.9 Å². The number of hydrogen-bond acceptors (Lipinski definition) is 2. The van der Waals surface area contributed by atoms with Crippen LogP contribution < -0.4 is 5.73 Å². The molecule has 1 atom stereocenters. The molecular weight excluding hydrogens is 210 g/mol. The van der Waals surface area contributed by atoms with Crippen molar-refractivity contribution in [2.24, 2.45) is 11.7 Å². The Kier molecular flexibility index (Phi) is 3.49. The summed E-state index contributed by atoms with van der Waals surface area (Å²) in [4.78, 5) is 3.77. The number of aromatic nitrogens is 1. The zero-order chi connectivity index (χ0) is 11.5. The minimum absolute atomic E-state index is 0.161. The molecule has 16 heavy (non-hydrogen) atoms. The van der Waals surface area contributed by atoms with Crippen molar-refractivity contribution in [3.63, 3.8) is 0 Å². The topological polar surface area (TPSA) is 38.9 Å². The number of rotatable bonds is 5. The van der Waals surface area contributed by atoms with Gasteiger partial charge in [-0.1, -0.05) is 18.9 Å². The summed E-state index contributed by atoms with van der Waals surface area (Å²) < 4.78 is 24.6. The van der Waals surface area contributed by atoms with Crippen LogP contribution >= 0.6 is 0 Å². The van der Waals surface area contributed by atoms with Crippen molar-refractivity contribution in [1.82, 2.24) is 4.98 Å². The van der Waals surface area contributed by atoms with Crippen LogP contribution in [0, 0.1) is 5.92 Å². The van der Waals surface area contributed by atoms with Crippen LogP contribution in [0.1, 0.15) is 42.9 Å². The Hall–Kier alpha value is -1.03. The molecule has 0 bridgehead atoms. The van der Waals surface area contributed by atoms with Gasteiger partial charge in [-0.05, 0) is 36.4 Å². The van der Waals surface area contributed by atoms with E-state index in [0.717, 1.165) is 17.9 Å². The lowest BCUT2D eigenvalue weighted by Gasteiger charge is -2.14. The van der Waals surface area contributed by atoms with E-state index in [9.17, 15) is 8.78 Å². The molecule has 1 aromatic rings. The molecular formula is C12H16F2N2. The van der Waals surface area contributed by atoms with E-state index in [4.69, 9.17) is 5.73 Å². The van der Waals surface area contributed by atoms with E-state index < -0.39 is 6.43 Å². The number of pyridine rings is 1. The van der Waals surface area contributed by atoms with Gasteiger partial charge in [-0.3, -0.25) is 4.98 Å². The van der Waals surface area contributed by atoms with Gasteiger partial charge in [0.05, 0.1) is 0 Å². The first-order chi connectivity index (χ1) is 7.70. The van der Waals surface area contributed by atoms with E-state index in [1.807, 2.05) is 0 Å². The third kappa shape index (κ3) is 2.76. The molecule has 1 saturated carbocycles. The van der Waals surface area contributed by atoms with Crippen molar-refractivity contribution in [2.75, 3.05) is 6.54 Å².